The fraction of sp³-hybridized carbons (Fsp3) is 0.375. The van der Waals surface area contributed by atoms with Crippen LogP contribution in [0.5, 0.6) is 0 Å². The smallest absolute Gasteiger partial charge is 0.240 e. The number of benzene rings is 1. The van der Waals surface area contributed by atoms with Crippen molar-refractivity contribution in [3.63, 3.8) is 0 Å². The third kappa shape index (κ3) is 3.29. The van der Waals surface area contributed by atoms with Gasteiger partial charge in [-0.3, -0.25) is 4.90 Å². The van der Waals surface area contributed by atoms with Crippen LogP contribution < -0.4 is 0 Å². The van der Waals surface area contributed by atoms with Crippen molar-refractivity contribution in [2.24, 2.45) is 0 Å². The van der Waals surface area contributed by atoms with Crippen LogP contribution in [0.25, 0.3) is 5.69 Å². The summed E-state index contributed by atoms with van der Waals surface area (Å²) in [6, 6.07) is 9.95. The molecule has 1 fully saturated rings. The number of rotatable bonds is 6. The molecule has 3 aromatic rings. The van der Waals surface area contributed by atoms with Crippen LogP contribution in [0.2, 0.25) is 0 Å². The summed E-state index contributed by atoms with van der Waals surface area (Å²) in [6.45, 7) is 1.28. The number of hydrogen-bond acceptors (Lipinski definition) is 6. The van der Waals surface area contributed by atoms with Gasteiger partial charge >= 0.3 is 0 Å². The number of nitrogens with zero attached hydrogens (tertiary/aromatic N) is 6. The van der Waals surface area contributed by atoms with Crippen LogP contribution >= 0.6 is 0 Å². The van der Waals surface area contributed by atoms with E-state index in [4.69, 9.17) is 4.52 Å². The zero-order valence-corrected chi connectivity index (χ0v) is 13.0. The van der Waals surface area contributed by atoms with Crippen LogP contribution in [0.1, 0.15) is 36.2 Å². The summed E-state index contributed by atoms with van der Waals surface area (Å²) in [6.07, 6.45) is 4.30. The van der Waals surface area contributed by atoms with E-state index in [9.17, 15) is 0 Å². The van der Waals surface area contributed by atoms with Crippen LogP contribution in [0.3, 0.4) is 0 Å². The molecule has 1 aliphatic rings. The van der Waals surface area contributed by atoms with Crippen molar-refractivity contribution in [1.82, 2.24) is 30.0 Å². The molecule has 0 radical (unpaired) electrons. The molecule has 0 aliphatic heterocycles. The van der Waals surface area contributed by atoms with Crippen molar-refractivity contribution in [3.05, 3.63) is 53.9 Å². The van der Waals surface area contributed by atoms with Gasteiger partial charge in [-0.15, -0.1) is 5.10 Å². The molecule has 118 valence electrons. The quantitative estimate of drug-likeness (QED) is 0.694. The Balaban J connectivity index is 1.38. The van der Waals surface area contributed by atoms with E-state index < -0.39 is 0 Å². The van der Waals surface area contributed by atoms with Gasteiger partial charge in [0.25, 0.3) is 0 Å². The summed E-state index contributed by atoms with van der Waals surface area (Å²) in [5.41, 5.74) is 1.90. The first kappa shape index (κ1) is 14.1. The summed E-state index contributed by atoms with van der Waals surface area (Å²) >= 11 is 0. The first-order valence-electron chi connectivity index (χ1n) is 7.75. The Kier molecular flexibility index (Phi) is 3.63. The summed E-state index contributed by atoms with van der Waals surface area (Å²) in [5, 5.41) is 12.4. The minimum atomic E-state index is 0.517. The molecule has 0 amide bonds. The monoisotopic (exact) mass is 310 g/mol. The van der Waals surface area contributed by atoms with Crippen molar-refractivity contribution < 1.29 is 4.52 Å². The van der Waals surface area contributed by atoms with Crippen LogP contribution in [0.4, 0.5) is 0 Å². The van der Waals surface area contributed by atoms with Gasteiger partial charge in [-0.1, -0.05) is 28.6 Å². The molecular weight excluding hydrogens is 292 g/mol. The average Bonchev–Trinajstić information content (AvgIpc) is 3.14. The molecule has 0 saturated heterocycles. The zero-order valence-electron chi connectivity index (χ0n) is 13.0. The highest BCUT2D eigenvalue weighted by atomic mass is 16.5. The second kappa shape index (κ2) is 5.92. The Morgan fingerprint density at radius 2 is 2.04 bits per heavy atom. The molecule has 4 rings (SSSR count). The van der Waals surface area contributed by atoms with E-state index >= 15 is 0 Å². The molecule has 0 unspecified atom stereocenters. The first-order valence-corrected chi connectivity index (χ1v) is 7.75. The zero-order chi connectivity index (χ0) is 15.6. The highest BCUT2D eigenvalue weighted by molar-refractivity contribution is 5.29. The van der Waals surface area contributed by atoms with E-state index in [0.29, 0.717) is 24.9 Å². The van der Waals surface area contributed by atoms with Crippen molar-refractivity contribution in [2.75, 3.05) is 7.05 Å². The molecule has 1 saturated carbocycles. The lowest BCUT2D eigenvalue weighted by molar-refractivity contribution is 0.258. The molecule has 2 heterocycles. The molecule has 1 aliphatic carbocycles. The molecule has 0 bridgehead atoms. The van der Waals surface area contributed by atoms with E-state index in [0.717, 1.165) is 17.2 Å². The third-order valence-corrected chi connectivity index (χ3v) is 3.82. The van der Waals surface area contributed by atoms with Gasteiger partial charge < -0.3 is 4.52 Å². The van der Waals surface area contributed by atoms with Crippen molar-refractivity contribution in [3.8, 4) is 5.69 Å². The van der Waals surface area contributed by atoms with E-state index in [1.54, 1.807) is 4.68 Å². The second-order valence-electron chi connectivity index (χ2n) is 5.98. The summed E-state index contributed by atoms with van der Waals surface area (Å²) < 4.78 is 7.08. The summed E-state index contributed by atoms with van der Waals surface area (Å²) in [7, 11) is 2.00. The van der Waals surface area contributed by atoms with Crippen molar-refractivity contribution in [1.29, 1.82) is 0 Å². The Bertz CT molecular complexity index is 777. The molecule has 7 heteroatoms. The lowest BCUT2D eigenvalue weighted by Gasteiger charge is -2.11. The normalized spacial score (nSPS) is 14.5. The second-order valence-corrected chi connectivity index (χ2v) is 5.98. The van der Waals surface area contributed by atoms with Crippen LogP contribution in [-0.4, -0.2) is 37.1 Å². The van der Waals surface area contributed by atoms with Gasteiger partial charge in [0, 0.05) is 12.5 Å². The molecule has 1 aromatic carbocycles. The van der Waals surface area contributed by atoms with Crippen molar-refractivity contribution >= 4 is 0 Å². The lowest BCUT2D eigenvalue weighted by Crippen LogP contribution is -2.17. The highest BCUT2D eigenvalue weighted by Gasteiger charge is 2.28. The number of para-hydroxylation sites is 1. The van der Waals surface area contributed by atoms with Crippen LogP contribution in [0, 0.1) is 0 Å². The molecular formula is C16H18N6O. The molecule has 0 atom stereocenters. The number of hydrogen-bond donors (Lipinski definition) is 0. The summed E-state index contributed by atoms with van der Waals surface area (Å²) in [5.74, 6) is 2.02. The van der Waals surface area contributed by atoms with Gasteiger partial charge in [0.2, 0.25) is 5.89 Å². The maximum atomic E-state index is 5.30. The highest BCUT2D eigenvalue weighted by Crippen LogP contribution is 2.38. The fourth-order valence-corrected chi connectivity index (χ4v) is 2.48. The maximum absolute atomic E-state index is 5.30. The van der Waals surface area contributed by atoms with Crippen molar-refractivity contribution in [2.45, 2.75) is 31.8 Å². The molecule has 7 nitrogen and oxygen atoms in total. The van der Waals surface area contributed by atoms with Gasteiger partial charge in [-0.05, 0) is 32.0 Å². The Morgan fingerprint density at radius 1 is 1.22 bits per heavy atom. The molecule has 2 aromatic heterocycles. The predicted octanol–water partition coefficient (Wildman–Crippen LogP) is 2.16. The van der Waals surface area contributed by atoms with Crippen LogP contribution in [0.15, 0.2) is 41.1 Å². The fourth-order valence-electron chi connectivity index (χ4n) is 2.48. The summed E-state index contributed by atoms with van der Waals surface area (Å²) in [4.78, 5) is 6.53. The van der Waals surface area contributed by atoms with E-state index in [-0.39, 0.29) is 0 Å². The topological polar surface area (TPSA) is 72.9 Å². The average molecular weight is 310 g/mol. The SMILES string of the molecule is CN(Cc1cn(-c2ccccc2)nn1)Cc1nc(C2CC2)no1. The lowest BCUT2D eigenvalue weighted by atomic mass is 10.3. The molecule has 0 N–H and O–H groups in total. The largest absolute Gasteiger partial charge is 0.338 e. The van der Waals surface area contributed by atoms with Gasteiger partial charge in [0.1, 0.15) is 0 Å². The van der Waals surface area contributed by atoms with E-state index in [1.807, 2.05) is 43.6 Å². The first-order chi connectivity index (χ1) is 11.3. The van der Waals surface area contributed by atoms with Gasteiger partial charge in [-0.2, -0.15) is 4.98 Å². The standard InChI is InChI=1S/C16H18N6O/c1-21(11-15-17-16(19-23-15)12-7-8-12)9-13-10-22(20-18-13)14-5-3-2-4-6-14/h2-6,10,12H,7-9,11H2,1H3. The Hall–Kier alpha value is -2.54. The minimum Gasteiger partial charge on any atom is -0.338 e. The third-order valence-electron chi connectivity index (χ3n) is 3.82. The van der Waals surface area contributed by atoms with Crippen LogP contribution in [-0.2, 0) is 13.1 Å². The molecule has 0 spiro atoms. The van der Waals surface area contributed by atoms with E-state index in [1.165, 1.54) is 12.8 Å². The van der Waals surface area contributed by atoms with Gasteiger partial charge in [-0.25, -0.2) is 4.68 Å². The maximum Gasteiger partial charge on any atom is 0.240 e. The minimum absolute atomic E-state index is 0.517. The Labute approximate surface area is 133 Å². The van der Waals surface area contributed by atoms with E-state index in [2.05, 4.69) is 25.4 Å². The predicted molar refractivity (Wildman–Crippen MR) is 82.8 cm³/mol. The van der Waals surface area contributed by atoms with Gasteiger partial charge in [0.15, 0.2) is 5.82 Å². The number of aromatic nitrogens is 5. The van der Waals surface area contributed by atoms with Gasteiger partial charge in [0.05, 0.1) is 24.1 Å². The Morgan fingerprint density at radius 3 is 2.83 bits per heavy atom. The molecule has 23 heavy (non-hydrogen) atoms.